The lowest BCUT2D eigenvalue weighted by Crippen LogP contribution is -2.59. The summed E-state index contributed by atoms with van der Waals surface area (Å²) >= 11 is 0. The Balaban J connectivity index is 1.56. The second-order valence-electron chi connectivity index (χ2n) is 12.3. The smallest absolute Gasteiger partial charge is 0.303 e. The molecule has 3 heterocycles. The van der Waals surface area contributed by atoms with Crippen molar-refractivity contribution in [3.05, 3.63) is 18.2 Å². The van der Waals surface area contributed by atoms with Crippen molar-refractivity contribution in [3.8, 4) is 0 Å². The maximum atomic E-state index is 13.3. The van der Waals surface area contributed by atoms with Gasteiger partial charge >= 0.3 is 5.97 Å². The molecule has 7 atom stereocenters. The number of H-pyrrole nitrogens is 1. The molecule has 0 saturated carbocycles. The molecular weight excluding hydrogens is 676 g/mol. The molecule has 8 amide bonds. The van der Waals surface area contributed by atoms with Crippen LogP contribution in [-0.2, 0) is 49.6 Å². The zero-order valence-electron chi connectivity index (χ0n) is 28.1. The average Bonchev–Trinajstić information content (AvgIpc) is 3.86. The third-order valence-electron chi connectivity index (χ3n) is 8.29. The van der Waals surface area contributed by atoms with Gasteiger partial charge in [-0.05, 0) is 39.5 Å². The van der Waals surface area contributed by atoms with Gasteiger partial charge in [0.25, 0.3) is 0 Å². The fourth-order valence-corrected chi connectivity index (χ4v) is 5.56. The number of carboxylic acid groups (broad SMARTS) is 1. The molecule has 7 unspecified atom stereocenters. The summed E-state index contributed by atoms with van der Waals surface area (Å²) in [7, 11) is 0. The molecule has 0 bridgehead atoms. The van der Waals surface area contributed by atoms with E-state index in [2.05, 4.69) is 41.9 Å². The number of nitrogens with zero attached hydrogens (tertiary/aromatic N) is 2. The van der Waals surface area contributed by atoms with E-state index in [1.807, 2.05) is 0 Å². The Hall–Kier alpha value is -5.60. The number of carboxylic acids is 1. The predicted octanol–water partition coefficient (Wildman–Crippen LogP) is -4.97. The molecule has 0 spiro atoms. The number of hydrogen-bond donors (Lipinski definition) is 10. The van der Waals surface area contributed by atoms with E-state index in [1.54, 1.807) is 0 Å². The quantitative estimate of drug-likeness (QED) is 0.0682. The zero-order chi connectivity index (χ0) is 37.8. The largest absolute Gasteiger partial charge is 0.481 e. The maximum Gasteiger partial charge on any atom is 0.303 e. The van der Waals surface area contributed by atoms with Crippen molar-refractivity contribution in [2.75, 3.05) is 13.1 Å². The third kappa shape index (κ3) is 11.8. The topological polar surface area (TPSA) is 324 Å². The molecule has 3 rings (SSSR count). The number of aromatic nitrogens is 2. The van der Waals surface area contributed by atoms with Crippen LogP contribution in [0.4, 0.5) is 0 Å². The normalized spacial score (nSPS) is 19.7. The molecule has 0 aromatic carbocycles. The molecule has 1 aromatic rings. The van der Waals surface area contributed by atoms with E-state index in [0.29, 0.717) is 12.1 Å². The van der Waals surface area contributed by atoms with Crippen molar-refractivity contribution in [2.45, 2.75) is 101 Å². The first-order valence-corrected chi connectivity index (χ1v) is 16.3. The highest BCUT2D eigenvalue weighted by molar-refractivity contribution is 5.97. The Morgan fingerprint density at radius 1 is 1.00 bits per heavy atom. The Labute approximate surface area is 291 Å². The minimum Gasteiger partial charge on any atom is -0.481 e. The van der Waals surface area contributed by atoms with Crippen LogP contribution < -0.4 is 37.6 Å². The van der Waals surface area contributed by atoms with Gasteiger partial charge in [0.05, 0.1) is 24.7 Å². The lowest BCUT2D eigenvalue weighted by molar-refractivity contribution is -0.142. The van der Waals surface area contributed by atoms with E-state index in [9.17, 15) is 48.3 Å². The van der Waals surface area contributed by atoms with Gasteiger partial charge in [-0.25, -0.2) is 4.98 Å². The first kappa shape index (κ1) is 39.8. The highest BCUT2D eigenvalue weighted by Gasteiger charge is 2.39. The number of carbonyl (C=O) groups is 9. The van der Waals surface area contributed by atoms with Gasteiger partial charge in [-0.1, -0.05) is 0 Å². The van der Waals surface area contributed by atoms with Crippen molar-refractivity contribution in [1.82, 2.24) is 46.8 Å². The molecule has 2 aliphatic heterocycles. The van der Waals surface area contributed by atoms with E-state index in [0.717, 1.165) is 0 Å². The predicted molar refractivity (Wildman–Crippen MR) is 172 cm³/mol. The van der Waals surface area contributed by atoms with Crippen LogP contribution in [-0.4, -0.2) is 134 Å². The van der Waals surface area contributed by atoms with Crippen LogP contribution in [0.1, 0.15) is 58.1 Å². The third-order valence-corrected chi connectivity index (χ3v) is 8.29. The molecule has 2 fully saturated rings. The Bertz CT molecular complexity index is 1480. The molecular formula is C30H44N10O11. The first-order chi connectivity index (χ1) is 24.1. The summed E-state index contributed by atoms with van der Waals surface area (Å²) in [6.45, 7) is 2.02. The fourth-order valence-electron chi connectivity index (χ4n) is 5.56. The van der Waals surface area contributed by atoms with Gasteiger partial charge < -0.3 is 57.7 Å². The monoisotopic (exact) mass is 720 g/mol. The van der Waals surface area contributed by atoms with Crippen LogP contribution in [0, 0.1) is 0 Å². The Kier molecular flexibility index (Phi) is 14.4. The zero-order valence-corrected chi connectivity index (χ0v) is 28.1. The van der Waals surface area contributed by atoms with Crippen molar-refractivity contribution in [3.63, 3.8) is 0 Å². The summed E-state index contributed by atoms with van der Waals surface area (Å²) in [5.41, 5.74) is 5.72. The number of nitrogens with one attached hydrogen (secondary N) is 7. The summed E-state index contributed by atoms with van der Waals surface area (Å²) in [6.07, 6.45) is 1.76. The lowest BCUT2D eigenvalue weighted by Gasteiger charge is -2.29. The summed E-state index contributed by atoms with van der Waals surface area (Å²) < 4.78 is 0. The van der Waals surface area contributed by atoms with Crippen molar-refractivity contribution >= 4 is 53.2 Å². The summed E-state index contributed by atoms with van der Waals surface area (Å²) in [5, 5.41) is 33.7. The number of aliphatic carboxylic acids is 1. The minimum atomic E-state index is -1.57. The molecule has 11 N–H and O–H groups in total. The van der Waals surface area contributed by atoms with Crippen LogP contribution in [0.15, 0.2) is 12.5 Å². The highest BCUT2D eigenvalue weighted by atomic mass is 16.4. The van der Waals surface area contributed by atoms with Gasteiger partial charge in [-0.15, -0.1) is 0 Å². The van der Waals surface area contributed by atoms with E-state index in [1.165, 1.54) is 31.3 Å². The number of likely N-dealkylation sites (tertiary alicyclic amines) is 1. The fraction of sp³-hybridized carbons (Fsp3) is 0.600. The molecule has 280 valence electrons. The van der Waals surface area contributed by atoms with E-state index >= 15 is 0 Å². The van der Waals surface area contributed by atoms with Gasteiger partial charge in [0.15, 0.2) is 0 Å². The average molecular weight is 721 g/mol. The molecule has 2 aliphatic rings. The van der Waals surface area contributed by atoms with Gasteiger partial charge in [-0.3, -0.25) is 43.2 Å². The van der Waals surface area contributed by atoms with Crippen molar-refractivity contribution in [2.24, 2.45) is 5.73 Å². The summed E-state index contributed by atoms with van der Waals surface area (Å²) in [4.78, 5) is 120. The first-order valence-electron chi connectivity index (χ1n) is 16.3. The molecule has 2 saturated heterocycles. The van der Waals surface area contributed by atoms with Crippen LogP contribution in [0.5, 0.6) is 0 Å². The van der Waals surface area contributed by atoms with E-state index in [4.69, 9.17) is 10.8 Å². The number of imidazole rings is 1. The molecule has 21 heteroatoms. The second kappa shape index (κ2) is 18.4. The molecule has 21 nitrogen and oxygen atoms in total. The number of aliphatic hydroxyl groups excluding tert-OH is 1. The lowest BCUT2D eigenvalue weighted by atomic mass is 10.1. The van der Waals surface area contributed by atoms with E-state index < -0.39 is 103 Å². The number of nitrogens with two attached hydrogens (primary N) is 1. The Morgan fingerprint density at radius 2 is 1.71 bits per heavy atom. The Morgan fingerprint density at radius 3 is 2.29 bits per heavy atom. The molecule has 0 aliphatic carbocycles. The summed E-state index contributed by atoms with van der Waals surface area (Å²) in [6, 6.07) is -7.12. The van der Waals surface area contributed by atoms with Crippen LogP contribution in [0.3, 0.4) is 0 Å². The van der Waals surface area contributed by atoms with E-state index in [-0.39, 0.29) is 44.6 Å². The SMILES string of the molecule is CC(NC(=O)C(NC(=O)CNC(=O)C(Cc1c[nH]cn1)NC(=O)C1CCC(=O)N1)C(C)O)C(=O)N1CCCC1C(=O)NC(CCC(=O)O)C(N)=O. The van der Waals surface area contributed by atoms with Gasteiger partial charge in [0.1, 0.15) is 36.3 Å². The number of primary amides is 1. The van der Waals surface area contributed by atoms with Crippen molar-refractivity contribution < 1.29 is 53.4 Å². The number of amides is 8. The minimum absolute atomic E-state index is 0.0516. The number of rotatable bonds is 18. The number of aliphatic hydroxyl groups is 1. The van der Waals surface area contributed by atoms with Crippen molar-refractivity contribution in [1.29, 1.82) is 0 Å². The molecule has 0 radical (unpaired) electrons. The van der Waals surface area contributed by atoms with Crippen LogP contribution >= 0.6 is 0 Å². The summed E-state index contributed by atoms with van der Waals surface area (Å²) in [5.74, 6) is -7.03. The van der Waals surface area contributed by atoms with Crippen LogP contribution in [0.25, 0.3) is 0 Å². The standard InChI is InChI=1S/C30H44N10O11/c1-14(30(51)40-9-3-4-20(40)28(49)37-17(25(31)46)6-8-23(44)45)35-29(50)24(15(2)41)39-22(43)12-33-26(47)19(10-16-11-32-13-34-16)38-27(48)18-5-7-21(42)36-18/h11,13-15,17-20,24,41H,3-10,12H2,1-2H3,(H2,31,46)(H,32,34)(H,33,47)(H,35,50)(H,36,42)(H,37,49)(H,38,48)(H,39,43)(H,44,45). The maximum absolute atomic E-state index is 13.3. The number of carbonyl (C=O) groups excluding carboxylic acids is 8. The van der Waals surface area contributed by atoms with Crippen LogP contribution in [0.2, 0.25) is 0 Å². The van der Waals surface area contributed by atoms with Gasteiger partial charge in [-0.2, -0.15) is 0 Å². The number of aromatic amines is 1. The number of hydrogen-bond acceptors (Lipinski definition) is 11. The molecule has 51 heavy (non-hydrogen) atoms. The highest BCUT2D eigenvalue weighted by Crippen LogP contribution is 2.19. The van der Waals surface area contributed by atoms with Gasteiger partial charge in [0.2, 0.25) is 47.3 Å². The molecule has 1 aromatic heterocycles. The van der Waals surface area contributed by atoms with Gasteiger partial charge in [0, 0.05) is 32.0 Å². The second-order valence-corrected chi connectivity index (χ2v) is 12.3.